The molecule has 26 heavy (non-hydrogen) atoms. The molecule has 0 aliphatic rings. The van der Waals surface area contributed by atoms with Gasteiger partial charge in [-0.2, -0.15) is 0 Å². The van der Waals surface area contributed by atoms with E-state index in [4.69, 9.17) is 0 Å². The first-order valence-electron chi connectivity index (χ1n) is 8.15. The van der Waals surface area contributed by atoms with Crippen LogP contribution in [0.2, 0.25) is 0 Å². The lowest BCUT2D eigenvalue weighted by atomic mass is 10.1. The number of carbonyl (C=O) groups is 2. The zero-order valence-corrected chi connectivity index (χ0v) is 15.4. The van der Waals surface area contributed by atoms with Crippen LogP contribution in [0.4, 0.5) is 5.69 Å². The Morgan fingerprint density at radius 3 is 2.54 bits per heavy atom. The number of hydrogen-bond donors (Lipinski definition) is 1. The lowest BCUT2D eigenvalue weighted by Gasteiger charge is -2.17. The summed E-state index contributed by atoms with van der Waals surface area (Å²) in [4.78, 5) is 28.8. The molecular formula is C20H19N3O2S. The molecule has 0 unspecified atom stereocenters. The molecule has 1 atom stereocenters. The standard InChI is InChI=1S/C20H19N3O2S/c1-14(24)16-9-6-10-17(13-16)22-19(25)18(15-7-4-3-5-8-15)26-20-21-11-12-23(20)2/h3-13,18H,1-2H3,(H,22,25)/t18-/m0/s1. The predicted octanol–water partition coefficient (Wildman–Crippen LogP) is 4.09. The number of nitrogens with one attached hydrogen (secondary N) is 1. The monoisotopic (exact) mass is 365 g/mol. The summed E-state index contributed by atoms with van der Waals surface area (Å²) in [6.45, 7) is 1.50. The Kier molecular flexibility index (Phi) is 5.53. The second kappa shape index (κ2) is 8.01. The van der Waals surface area contributed by atoms with Crippen molar-refractivity contribution in [3.05, 3.63) is 78.1 Å². The number of ketones is 1. The number of thioether (sulfide) groups is 1. The van der Waals surface area contributed by atoms with Crippen molar-refractivity contribution >= 4 is 29.1 Å². The predicted molar refractivity (Wildman–Crippen MR) is 103 cm³/mol. The summed E-state index contributed by atoms with van der Waals surface area (Å²) in [5.74, 6) is -0.201. The Hall–Kier alpha value is -2.86. The van der Waals surface area contributed by atoms with Crippen LogP contribution in [-0.2, 0) is 11.8 Å². The summed E-state index contributed by atoms with van der Waals surface area (Å²) in [5, 5.41) is 3.21. The highest BCUT2D eigenvalue weighted by atomic mass is 32.2. The highest BCUT2D eigenvalue weighted by Gasteiger charge is 2.24. The zero-order valence-electron chi connectivity index (χ0n) is 14.5. The van der Waals surface area contributed by atoms with Gasteiger partial charge in [-0.1, -0.05) is 54.2 Å². The van der Waals surface area contributed by atoms with Crippen molar-refractivity contribution in [1.29, 1.82) is 0 Å². The van der Waals surface area contributed by atoms with Crippen molar-refractivity contribution in [2.45, 2.75) is 17.3 Å². The average molecular weight is 365 g/mol. The van der Waals surface area contributed by atoms with E-state index in [1.165, 1.54) is 18.7 Å². The van der Waals surface area contributed by atoms with E-state index in [1.807, 2.05) is 48.1 Å². The first-order chi connectivity index (χ1) is 12.5. The molecule has 0 aliphatic heterocycles. The van der Waals surface area contributed by atoms with Crippen molar-refractivity contribution in [3.8, 4) is 0 Å². The number of carbonyl (C=O) groups excluding carboxylic acids is 2. The molecule has 0 saturated heterocycles. The summed E-state index contributed by atoms with van der Waals surface area (Å²) in [6, 6.07) is 16.5. The fourth-order valence-electron chi connectivity index (χ4n) is 2.50. The second-order valence-electron chi connectivity index (χ2n) is 5.86. The maximum Gasteiger partial charge on any atom is 0.242 e. The fourth-order valence-corrected chi connectivity index (χ4v) is 3.51. The van der Waals surface area contributed by atoms with Crippen LogP contribution in [-0.4, -0.2) is 21.2 Å². The third-order valence-corrected chi connectivity index (χ3v) is 5.20. The minimum atomic E-state index is -0.460. The van der Waals surface area contributed by atoms with Crippen LogP contribution in [0.15, 0.2) is 72.1 Å². The van der Waals surface area contributed by atoms with Crippen LogP contribution in [0.3, 0.4) is 0 Å². The third-order valence-electron chi connectivity index (χ3n) is 3.88. The number of hydrogen-bond acceptors (Lipinski definition) is 4. The van der Waals surface area contributed by atoms with Gasteiger partial charge in [-0.25, -0.2) is 4.98 Å². The third kappa shape index (κ3) is 4.21. The number of anilines is 1. The second-order valence-corrected chi connectivity index (χ2v) is 6.93. The fraction of sp³-hybridized carbons (Fsp3) is 0.150. The number of aromatic nitrogens is 2. The molecule has 1 aromatic heterocycles. The molecule has 1 amide bonds. The minimum absolute atomic E-state index is 0.0388. The van der Waals surface area contributed by atoms with E-state index in [0.717, 1.165) is 10.7 Å². The number of imidazole rings is 1. The molecule has 1 N–H and O–H groups in total. The first-order valence-corrected chi connectivity index (χ1v) is 9.03. The van der Waals surface area contributed by atoms with Gasteiger partial charge in [0.2, 0.25) is 5.91 Å². The Morgan fingerprint density at radius 2 is 1.88 bits per heavy atom. The van der Waals surface area contributed by atoms with E-state index in [-0.39, 0.29) is 11.7 Å². The lowest BCUT2D eigenvalue weighted by Crippen LogP contribution is -2.19. The summed E-state index contributed by atoms with van der Waals surface area (Å²) >= 11 is 1.39. The van der Waals surface area contributed by atoms with Gasteiger partial charge in [-0.3, -0.25) is 9.59 Å². The molecular weight excluding hydrogens is 346 g/mol. The van der Waals surface area contributed by atoms with Crippen molar-refractivity contribution in [2.75, 3.05) is 5.32 Å². The first kappa shape index (κ1) is 17.9. The molecule has 0 aliphatic carbocycles. The zero-order chi connectivity index (χ0) is 18.5. The lowest BCUT2D eigenvalue weighted by molar-refractivity contribution is -0.115. The maximum absolute atomic E-state index is 13.0. The van der Waals surface area contributed by atoms with Crippen molar-refractivity contribution in [3.63, 3.8) is 0 Å². The van der Waals surface area contributed by atoms with Crippen LogP contribution in [0.25, 0.3) is 0 Å². The molecule has 0 saturated carbocycles. The van der Waals surface area contributed by atoms with Crippen LogP contribution in [0.5, 0.6) is 0 Å². The largest absolute Gasteiger partial charge is 0.329 e. The van der Waals surface area contributed by atoms with Crippen LogP contribution in [0.1, 0.15) is 28.1 Å². The van der Waals surface area contributed by atoms with Gasteiger partial charge in [-0.15, -0.1) is 0 Å². The highest BCUT2D eigenvalue weighted by Crippen LogP contribution is 2.35. The molecule has 1 heterocycles. The molecule has 2 aromatic carbocycles. The Labute approximate surface area is 156 Å². The Balaban J connectivity index is 1.86. The molecule has 0 fully saturated rings. The Morgan fingerprint density at radius 1 is 1.12 bits per heavy atom. The van der Waals surface area contributed by atoms with Gasteiger partial charge in [0.25, 0.3) is 0 Å². The molecule has 0 spiro atoms. The maximum atomic E-state index is 13.0. The number of rotatable bonds is 6. The van der Waals surface area contributed by atoms with E-state index < -0.39 is 5.25 Å². The Bertz CT molecular complexity index is 922. The van der Waals surface area contributed by atoms with E-state index in [9.17, 15) is 9.59 Å². The quantitative estimate of drug-likeness (QED) is 0.528. The normalized spacial score (nSPS) is 11.8. The van der Waals surface area contributed by atoms with Crippen molar-refractivity contribution < 1.29 is 9.59 Å². The van der Waals surface area contributed by atoms with Crippen LogP contribution >= 0.6 is 11.8 Å². The SMILES string of the molecule is CC(=O)c1cccc(NC(=O)[C@@H](Sc2nccn2C)c2ccccc2)c1. The number of benzene rings is 2. The van der Waals surface area contributed by atoms with Crippen LogP contribution < -0.4 is 5.32 Å². The smallest absolute Gasteiger partial charge is 0.242 e. The van der Waals surface area contributed by atoms with Crippen molar-refractivity contribution in [1.82, 2.24) is 9.55 Å². The number of aryl methyl sites for hydroxylation is 1. The van der Waals surface area contributed by atoms with E-state index >= 15 is 0 Å². The molecule has 3 rings (SSSR count). The van der Waals surface area contributed by atoms with Crippen molar-refractivity contribution in [2.24, 2.45) is 7.05 Å². The van der Waals surface area contributed by atoms with E-state index in [2.05, 4.69) is 10.3 Å². The summed E-state index contributed by atoms with van der Waals surface area (Å²) in [5.41, 5.74) is 2.06. The van der Waals surface area contributed by atoms with E-state index in [1.54, 1.807) is 30.5 Å². The number of amides is 1. The summed E-state index contributed by atoms with van der Waals surface area (Å²) in [6.07, 6.45) is 3.55. The number of Topliss-reactive ketones (excluding diaryl/α,β-unsaturated/α-hetero) is 1. The molecule has 3 aromatic rings. The number of nitrogens with zero attached hydrogens (tertiary/aromatic N) is 2. The highest BCUT2D eigenvalue weighted by molar-refractivity contribution is 8.00. The van der Waals surface area contributed by atoms with Gasteiger partial charge in [0, 0.05) is 30.7 Å². The van der Waals surface area contributed by atoms with Gasteiger partial charge in [0.05, 0.1) is 0 Å². The van der Waals surface area contributed by atoms with Gasteiger partial charge in [0.1, 0.15) is 5.25 Å². The molecule has 0 bridgehead atoms. The summed E-state index contributed by atoms with van der Waals surface area (Å²) < 4.78 is 1.88. The topological polar surface area (TPSA) is 64.0 Å². The summed E-state index contributed by atoms with van der Waals surface area (Å²) in [7, 11) is 1.89. The molecule has 5 nitrogen and oxygen atoms in total. The van der Waals surface area contributed by atoms with Crippen LogP contribution in [0, 0.1) is 0 Å². The molecule has 132 valence electrons. The molecule has 0 radical (unpaired) electrons. The van der Waals surface area contributed by atoms with E-state index in [0.29, 0.717) is 11.3 Å². The average Bonchev–Trinajstić information content (AvgIpc) is 3.05. The van der Waals surface area contributed by atoms with Gasteiger partial charge >= 0.3 is 0 Å². The van der Waals surface area contributed by atoms with Gasteiger partial charge < -0.3 is 9.88 Å². The minimum Gasteiger partial charge on any atom is -0.329 e. The van der Waals surface area contributed by atoms with Gasteiger partial charge in [0.15, 0.2) is 10.9 Å². The van der Waals surface area contributed by atoms with Gasteiger partial charge in [-0.05, 0) is 24.6 Å². The molecule has 6 heteroatoms.